The predicted octanol–water partition coefficient (Wildman–Crippen LogP) is 2.58. The van der Waals surface area contributed by atoms with Crippen LogP contribution in [0.25, 0.3) is 10.2 Å². The zero-order valence-electron chi connectivity index (χ0n) is 11.5. The molecule has 0 amide bonds. The molecule has 1 N–H and O–H groups in total. The molecule has 1 aliphatic rings. The second-order valence-corrected chi connectivity index (χ2v) is 6.45. The van der Waals surface area contributed by atoms with Crippen molar-refractivity contribution in [3.63, 3.8) is 0 Å². The Kier molecular flexibility index (Phi) is 3.66. The number of fused-ring (bicyclic) bond motifs is 1. The highest BCUT2D eigenvalue weighted by Gasteiger charge is 2.20. The Bertz CT molecular complexity index is 558. The summed E-state index contributed by atoms with van der Waals surface area (Å²) < 4.78 is 0. The van der Waals surface area contributed by atoms with E-state index in [1.54, 1.807) is 17.7 Å². The lowest BCUT2D eigenvalue weighted by Crippen LogP contribution is -2.33. The number of rotatable bonds is 2. The molecule has 0 bridgehead atoms. The third-order valence-electron chi connectivity index (χ3n) is 3.86. The summed E-state index contributed by atoms with van der Waals surface area (Å²) in [5.41, 5.74) is 0. The summed E-state index contributed by atoms with van der Waals surface area (Å²) >= 11 is 1.74. The van der Waals surface area contributed by atoms with Gasteiger partial charge in [0.15, 0.2) is 0 Å². The minimum atomic E-state index is 0.577. The maximum Gasteiger partial charge on any atom is 0.140 e. The average Bonchev–Trinajstić information content (AvgIpc) is 2.63. The van der Waals surface area contributed by atoms with Gasteiger partial charge in [-0.2, -0.15) is 0 Å². The summed E-state index contributed by atoms with van der Waals surface area (Å²) in [6.45, 7) is 4.37. The topological polar surface area (TPSA) is 41.0 Å². The number of aryl methyl sites for hydroxylation is 1. The van der Waals surface area contributed by atoms with E-state index in [9.17, 15) is 0 Å². The number of anilines is 1. The lowest BCUT2D eigenvalue weighted by atomic mass is 10.1. The van der Waals surface area contributed by atoms with Crippen LogP contribution in [0.4, 0.5) is 5.82 Å². The molecular weight excluding hydrogens is 256 g/mol. The fraction of sp³-hybridized carbons (Fsp3) is 0.571. The van der Waals surface area contributed by atoms with E-state index in [0.29, 0.717) is 6.04 Å². The zero-order valence-corrected chi connectivity index (χ0v) is 12.3. The first-order valence-corrected chi connectivity index (χ1v) is 7.72. The van der Waals surface area contributed by atoms with Crippen LogP contribution in [-0.2, 0) is 0 Å². The number of nitrogens with zero attached hydrogens (tertiary/aromatic N) is 3. The van der Waals surface area contributed by atoms with Crippen LogP contribution in [0.1, 0.15) is 24.1 Å². The number of thiophene rings is 1. The van der Waals surface area contributed by atoms with E-state index in [1.807, 2.05) is 0 Å². The Morgan fingerprint density at radius 1 is 1.32 bits per heavy atom. The first kappa shape index (κ1) is 12.8. The second-order valence-electron chi connectivity index (χ2n) is 5.22. The van der Waals surface area contributed by atoms with Gasteiger partial charge in [-0.15, -0.1) is 11.3 Å². The van der Waals surface area contributed by atoms with Gasteiger partial charge in [0, 0.05) is 18.0 Å². The summed E-state index contributed by atoms with van der Waals surface area (Å²) in [5, 5.41) is 4.67. The molecule has 1 unspecified atom stereocenters. The second kappa shape index (κ2) is 5.43. The molecular formula is C14H20N4S. The maximum atomic E-state index is 4.53. The molecule has 1 saturated heterocycles. The van der Waals surface area contributed by atoms with E-state index >= 15 is 0 Å². The Hall–Kier alpha value is -1.20. The molecule has 1 aliphatic heterocycles. The van der Waals surface area contributed by atoms with Crippen LogP contribution in [0.15, 0.2) is 12.4 Å². The molecule has 0 aliphatic carbocycles. The van der Waals surface area contributed by atoms with Crippen molar-refractivity contribution < 1.29 is 0 Å². The van der Waals surface area contributed by atoms with E-state index in [2.05, 4.69) is 40.2 Å². The van der Waals surface area contributed by atoms with Gasteiger partial charge in [-0.1, -0.05) is 0 Å². The highest BCUT2D eigenvalue weighted by molar-refractivity contribution is 7.18. The summed E-state index contributed by atoms with van der Waals surface area (Å²) in [7, 11) is 2.17. The van der Waals surface area contributed by atoms with Crippen LogP contribution in [0.2, 0.25) is 0 Å². The molecule has 0 aromatic carbocycles. The van der Waals surface area contributed by atoms with Crippen LogP contribution in [0, 0.1) is 6.92 Å². The van der Waals surface area contributed by atoms with Gasteiger partial charge in [0.1, 0.15) is 17.0 Å². The van der Waals surface area contributed by atoms with E-state index in [-0.39, 0.29) is 0 Å². The molecule has 3 heterocycles. The lowest BCUT2D eigenvalue weighted by Gasteiger charge is -2.28. The van der Waals surface area contributed by atoms with Crippen molar-refractivity contribution in [3.05, 3.63) is 17.3 Å². The smallest absolute Gasteiger partial charge is 0.140 e. The van der Waals surface area contributed by atoms with E-state index in [1.165, 1.54) is 29.5 Å². The van der Waals surface area contributed by atoms with Gasteiger partial charge >= 0.3 is 0 Å². The predicted molar refractivity (Wildman–Crippen MR) is 81.1 cm³/mol. The van der Waals surface area contributed by atoms with Gasteiger partial charge in [-0.25, -0.2) is 9.97 Å². The van der Waals surface area contributed by atoms with Gasteiger partial charge in [-0.05, 0) is 45.3 Å². The third kappa shape index (κ3) is 2.58. The maximum absolute atomic E-state index is 4.53. The van der Waals surface area contributed by atoms with Crippen molar-refractivity contribution >= 4 is 27.4 Å². The summed E-state index contributed by atoms with van der Waals surface area (Å²) in [5.74, 6) is 1.08. The molecule has 1 fully saturated rings. The molecule has 0 spiro atoms. The lowest BCUT2D eigenvalue weighted by molar-refractivity contribution is 0.564. The summed E-state index contributed by atoms with van der Waals surface area (Å²) in [6, 6.07) is 2.79. The van der Waals surface area contributed by atoms with Crippen molar-refractivity contribution in [2.45, 2.75) is 32.2 Å². The number of hydrogen-bond acceptors (Lipinski definition) is 5. The quantitative estimate of drug-likeness (QED) is 0.915. The Labute approximate surface area is 117 Å². The first-order valence-electron chi connectivity index (χ1n) is 6.90. The largest absolute Gasteiger partial charge is 0.356 e. The SMILES string of the molecule is Cc1cc2c(N(C)C3CCCNCC3)ncnc2s1. The van der Waals surface area contributed by atoms with E-state index < -0.39 is 0 Å². The monoisotopic (exact) mass is 276 g/mol. The Morgan fingerprint density at radius 2 is 2.21 bits per heavy atom. The standard InChI is InChI=1S/C14H20N4S/c1-10-8-12-13(16-9-17-14(12)19-10)18(2)11-4-3-6-15-7-5-11/h8-9,11,15H,3-7H2,1-2H3. The Morgan fingerprint density at radius 3 is 3.11 bits per heavy atom. The highest BCUT2D eigenvalue weighted by Crippen LogP contribution is 2.31. The molecule has 0 saturated carbocycles. The number of aromatic nitrogens is 2. The molecule has 3 rings (SSSR count). The molecule has 19 heavy (non-hydrogen) atoms. The zero-order chi connectivity index (χ0) is 13.2. The fourth-order valence-electron chi connectivity index (χ4n) is 2.81. The minimum absolute atomic E-state index is 0.577. The number of nitrogens with one attached hydrogen (secondary N) is 1. The fourth-order valence-corrected chi connectivity index (χ4v) is 3.65. The highest BCUT2D eigenvalue weighted by atomic mass is 32.1. The van der Waals surface area contributed by atoms with Gasteiger partial charge in [0.05, 0.1) is 5.39 Å². The van der Waals surface area contributed by atoms with Crippen molar-refractivity contribution in [3.8, 4) is 0 Å². The molecule has 4 nitrogen and oxygen atoms in total. The van der Waals surface area contributed by atoms with Crippen LogP contribution >= 0.6 is 11.3 Å². The third-order valence-corrected chi connectivity index (χ3v) is 4.82. The van der Waals surface area contributed by atoms with Gasteiger partial charge in [0.2, 0.25) is 0 Å². The molecule has 2 aromatic rings. The van der Waals surface area contributed by atoms with Gasteiger partial charge in [-0.3, -0.25) is 0 Å². The van der Waals surface area contributed by atoms with Crippen LogP contribution in [0.3, 0.4) is 0 Å². The molecule has 0 radical (unpaired) electrons. The van der Waals surface area contributed by atoms with Crippen molar-refractivity contribution in [1.29, 1.82) is 0 Å². The minimum Gasteiger partial charge on any atom is -0.356 e. The molecule has 2 aromatic heterocycles. The normalized spacial score (nSPS) is 20.4. The van der Waals surface area contributed by atoms with Crippen LogP contribution in [0.5, 0.6) is 0 Å². The van der Waals surface area contributed by atoms with Crippen molar-refractivity contribution in [2.24, 2.45) is 0 Å². The number of hydrogen-bond donors (Lipinski definition) is 1. The van der Waals surface area contributed by atoms with Gasteiger partial charge < -0.3 is 10.2 Å². The van der Waals surface area contributed by atoms with Crippen LogP contribution < -0.4 is 10.2 Å². The molecule has 1 atom stereocenters. The van der Waals surface area contributed by atoms with Gasteiger partial charge in [0.25, 0.3) is 0 Å². The van der Waals surface area contributed by atoms with Crippen molar-refractivity contribution in [1.82, 2.24) is 15.3 Å². The molecule has 5 heteroatoms. The van der Waals surface area contributed by atoms with Crippen LogP contribution in [-0.4, -0.2) is 36.1 Å². The van der Waals surface area contributed by atoms with Crippen molar-refractivity contribution in [2.75, 3.05) is 25.0 Å². The Balaban J connectivity index is 1.93. The average molecular weight is 276 g/mol. The molecule has 102 valence electrons. The summed E-state index contributed by atoms with van der Waals surface area (Å²) in [6.07, 6.45) is 5.36. The summed E-state index contributed by atoms with van der Waals surface area (Å²) in [4.78, 5) is 13.7. The first-order chi connectivity index (χ1) is 9.25. The van der Waals surface area contributed by atoms with E-state index in [4.69, 9.17) is 0 Å². The van der Waals surface area contributed by atoms with E-state index in [0.717, 1.165) is 23.7 Å².